The van der Waals surface area contributed by atoms with Gasteiger partial charge in [0.2, 0.25) is 11.8 Å². The van der Waals surface area contributed by atoms with E-state index in [9.17, 15) is 23.2 Å². The fourth-order valence-electron chi connectivity index (χ4n) is 2.75. The van der Waals surface area contributed by atoms with E-state index in [0.29, 0.717) is 11.8 Å². The Labute approximate surface area is 205 Å². The van der Waals surface area contributed by atoms with Crippen molar-refractivity contribution in [2.24, 2.45) is 5.92 Å². The zero-order valence-corrected chi connectivity index (χ0v) is 19.9. The van der Waals surface area contributed by atoms with Crippen LogP contribution >= 0.6 is 50.7 Å². The molecule has 1 saturated carbocycles. The first-order valence-electron chi connectivity index (χ1n) is 9.17. The summed E-state index contributed by atoms with van der Waals surface area (Å²) >= 11 is 20.9. The van der Waals surface area contributed by atoms with Crippen molar-refractivity contribution in [3.05, 3.63) is 52.6 Å². The molecule has 0 aliphatic heterocycles. The summed E-state index contributed by atoms with van der Waals surface area (Å²) in [6.45, 7) is 0. The van der Waals surface area contributed by atoms with Gasteiger partial charge in [0.05, 0.1) is 22.2 Å². The van der Waals surface area contributed by atoms with Crippen LogP contribution in [0.3, 0.4) is 0 Å². The van der Waals surface area contributed by atoms with Crippen molar-refractivity contribution < 1.29 is 23.2 Å². The molecule has 0 saturated heterocycles. The summed E-state index contributed by atoms with van der Waals surface area (Å²) in [6.07, 6.45) is 0.306. The number of carbonyl (C=O) groups excluding carboxylic acids is 3. The third-order valence-electron chi connectivity index (χ3n) is 4.55. The number of anilines is 3. The number of alkyl halides is 3. The van der Waals surface area contributed by atoms with E-state index in [1.165, 1.54) is 18.2 Å². The van der Waals surface area contributed by atoms with E-state index < -0.39 is 45.3 Å². The van der Waals surface area contributed by atoms with Crippen molar-refractivity contribution in [2.45, 2.75) is 17.2 Å². The number of hydrogen-bond donors (Lipinski definition) is 3. The molecule has 32 heavy (non-hydrogen) atoms. The maximum atomic E-state index is 14.7. The van der Waals surface area contributed by atoms with Crippen LogP contribution < -0.4 is 16.0 Å². The van der Waals surface area contributed by atoms with E-state index in [1.807, 2.05) is 0 Å². The van der Waals surface area contributed by atoms with E-state index in [4.69, 9.17) is 34.8 Å². The van der Waals surface area contributed by atoms with Crippen LogP contribution in [0.4, 0.5) is 25.8 Å². The molecule has 1 unspecified atom stereocenters. The standard InChI is InChI=1S/C20H15BrCl3F2N3O3/c21-6-5-15(30)29-17-13(25)3-4-14(16(17)26)28-18(31)10-7-9(1-2-12(10)22)27-19(32)11-8-20(11,23)24/h1-4,7,11H,5-6,8H2,(H,27,32)(H,28,31)(H,29,30). The first-order valence-corrected chi connectivity index (χ1v) is 11.4. The van der Waals surface area contributed by atoms with E-state index in [1.54, 1.807) is 0 Å². The summed E-state index contributed by atoms with van der Waals surface area (Å²) < 4.78 is 27.6. The van der Waals surface area contributed by atoms with Gasteiger partial charge < -0.3 is 16.0 Å². The molecular weight excluding hydrogens is 554 g/mol. The van der Waals surface area contributed by atoms with E-state index >= 15 is 0 Å². The van der Waals surface area contributed by atoms with Crippen molar-refractivity contribution in [1.82, 2.24) is 0 Å². The lowest BCUT2D eigenvalue weighted by molar-refractivity contribution is -0.117. The van der Waals surface area contributed by atoms with Gasteiger partial charge in [-0.25, -0.2) is 8.78 Å². The Hall–Kier alpha value is -1.94. The summed E-state index contributed by atoms with van der Waals surface area (Å²) in [7, 11) is 0. The molecule has 170 valence electrons. The fraction of sp³-hybridized carbons (Fsp3) is 0.250. The second kappa shape index (κ2) is 9.91. The van der Waals surface area contributed by atoms with Crippen LogP contribution in [-0.4, -0.2) is 27.4 Å². The minimum Gasteiger partial charge on any atom is -0.326 e. The van der Waals surface area contributed by atoms with Crippen LogP contribution in [0.1, 0.15) is 23.2 Å². The number of rotatable bonds is 7. The Morgan fingerprint density at radius 2 is 1.78 bits per heavy atom. The molecule has 6 nitrogen and oxygen atoms in total. The van der Waals surface area contributed by atoms with E-state index in [-0.39, 0.29) is 28.4 Å². The Bertz CT molecular complexity index is 1100. The van der Waals surface area contributed by atoms with E-state index in [2.05, 4.69) is 31.9 Å². The number of amides is 3. The lowest BCUT2D eigenvalue weighted by Crippen LogP contribution is -2.19. The van der Waals surface area contributed by atoms with Crippen molar-refractivity contribution in [1.29, 1.82) is 0 Å². The highest BCUT2D eigenvalue weighted by molar-refractivity contribution is 9.09. The molecule has 2 aromatic rings. The van der Waals surface area contributed by atoms with Crippen LogP contribution in [0, 0.1) is 17.6 Å². The normalized spacial score (nSPS) is 16.2. The maximum Gasteiger partial charge on any atom is 0.257 e. The molecule has 3 rings (SSSR count). The van der Waals surface area contributed by atoms with Gasteiger partial charge in [-0.15, -0.1) is 23.2 Å². The molecule has 0 aromatic heterocycles. The second-order valence-corrected chi connectivity index (χ2v) is 9.67. The number of benzene rings is 2. The van der Waals surface area contributed by atoms with Gasteiger partial charge in [0.15, 0.2) is 5.82 Å². The molecule has 1 aliphatic carbocycles. The molecule has 0 bridgehead atoms. The van der Waals surface area contributed by atoms with Gasteiger partial charge in [-0.05, 0) is 36.8 Å². The Balaban J connectivity index is 1.78. The van der Waals surface area contributed by atoms with Gasteiger partial charge in [-0.3, -0.25) is 14.4 Å². The van der Waals surface area contributed by atoms with Crippen LogP contribution in [0.15, 0.2) is 30.3 Å². The molecule has 0 heterocycles. The van der Waals surface area contributed by atoms with E-state index in [0.717, 1.165) is 12.1 Å². The fourth-order valence-corrected chi connectivity index (χ4v) is 3.82. The third kappa shape index (κ3) is 5.70. The first kappa shape index (κ1) is 24.7. The zero-order chi connectivity index (χ0) is 23.6. The van der Waals surface area contributed by atoms with Crippen LogP contribution in [-0.2, 0) is 9.59 Å². The zero-order valence-electron chi connectivity index (χ0n) is 16.1. The maximum absolute atomic E-state index is 14.7. The molecular formula is C20H15BrCl3F2N3O3. The molecule has 2 aromatic carbocycles. The number of hydrogen-bond acceptors (Lipinski definition) is 3. The number of carbonyl (C=O) groups is 3. The summed E-state index contributed by atoms with van der Waals surface area (Å²) in [6, 6.07) is 6.05. The molecule has 0 radical (unpaired) electrons. The van der Waals surface area contributed by atoms with Crippen molar-refractivity contribution in [2.75, 3.05) is 21.3 Å². The largest absolute Gasteiger partial charge is 0.326 e. The van der Waals surface area contributed by atoms with Crippen molar-refractivity contribution in [3.63, 3.8) is 0 Å². The third-order valence-corrected chi connectivity index (χ3v) is 6.11. The molecule has 1 atom stereocenters. The Morgan fingerprint density at radius 3 is 2.41 bits per heavy atom. The summed E-state index contributed by atoms with van der Waals surface area (Å²) in [5, 5.41) is 7.35. The van der Waals surface area contributed by atoms with Crippen molar-refractivity contribution in [3.8, 4) is 0 Å². The molecule has 3 amide bonds. The highest BCUT2D eigenvalue weighted by Crippen LogP contribution is 2.53. The van der Waals surface area contributed by atoms with Gasteiger partial charge in [0.1, 0.15) is 15.8 Å². The van der Waals surface area contributed by atoms with Gasteiger partial charge in [-0.2, -0.15) is 0 Å². The number of halogens is 6. The number of nitrogens with one attached hydrogen (secondary N) is 3. The highest BCUT2D eigenvalue weighted by Gasteiger charge is 2.56. The average molecular weight is 570 g/mol. The van der Waals surface area contributed by atoms with Crippen LogP contribution in [0.5, 0.6) is 0 Å². The molecule has 1 fully saturated rings. The summed E-state index contributed by atoms with van der Waals surface area (Å²) in [5.74, 6) is -4.58. The minimum atomic E-state index is -1.16. The van der Waals surface area contributed by atoms with Gasteiger partial charge in [-0.1, -0.05) is 27.5 Å². The second-order valence-electron chi connectivity index (χ2n) is 6.93. The molecule has 0 spiro atoms. The lowest BCUT2D eigenvalue weighted by atomic mass is 10.1. The van der Waals surface area contributed by atoms with Gasteiger partial charge >= 0.3 is 0 Å². The summed E-state index contributed by atoms with van der Waals surface area (Å²) in [5.41, 5.74) is -0.876. The smallest absolute Gasteiger partial charge is 0.257 e. The summed E-state index contributed by atoms with van der Waals surface area (Å²) in [4.78, 5) is 36.6. The van der Waals surface area contributed by atoms with Gasteiger partial charge in [0.25, 0.3) is 5.91 Å². The predicted octanol–water partition coefficient (Wildman–Crippen LogP) is 5.73. The van der Waals surface area contributed by atoms with Crippen LogP contribution in [0.2, 0.25) is 5.02 Å². The molecule has 1 aliphatic rings. The van der Waals surface area contributed by atoms with Gasteiger partial charge in [0, 0.05) is 17.4 Å². The first-order chi connectivity index (χ1) is 15.0. The topological polar surface area (TPSA) is 87.3 Å². The molecule has 12 heteroatoms. The lowest BCUT2D eigenvalue weighted by Gasteiger charge is -2.13. The van der Waals surface area contributed by atoms with Crippen LogP contribution in [0.25, 0.3) is 0 Å². The van der Waals surface area contributed by atoms with Crippen molar-refractivity contribution >= 4 is 85.5 Å². The molecule has 3 N–H and O–H groups in total. The minimum absolute atomic E-state index is 0.000990. The highest BCUT2D eigenvalue weighted by atomic mass is 79.9. The predicted molar refractivity (Wildman–Crippen MR) is 124 cm³/mol. The quantitative estimate of drug-likeness (QED) is 0.373. The average Bonchev–Trinajstić information content (AvgIpc) is 3.37. The Kier molecular flexibility index (Phi) is 7.65. The Morgan fingerprint density at radius 1 is 1.09 bits per heavy atom. The SMILES string of the molecule is O=C(CCBr)Nc1c(F)ccc(NC(=O)c2cc(NC(=O)C3CC3(Cl)Cl)ccc2Cl)c1F. The monoisotopic (exact) mass is 567 g/mol.